The molecule has 8 heteroatoms. The Morgan fingerprint density at radius 1 is 0.850 bits per heavy atom. The van der Waals surface area contributed by atoms with Gasteiger partial charge in [-0.15, -0.1) is 0 Å². The second kappa shape index (κ2) is 14.1. The number of anilines is 1. The number of amides is 2. The Morgan fingerprint density at radius 2 is 1.50 bits per heavy atom. The van der Waals surface area contributed by atoms with Crippen LogP contribution >= 0.6 is 0 Å². The highest BCUT2D eigenvalue weighted by atomic mass is 32.2. The summed E-state index contributed by atoms with van der Waals surface area (Å²) in [5, 5.41) is 2.96. The maximum atomic E-state index is 14.2. The van der Waals surface area contributed by atoms with Gasteiger partial charge in [0.25, 0.3) is 10.0 Å². The average Bonchev–Trinajstić information content (AvgIpc) is 2.94. The van der Waals surface area contributed by atoms with Crippen molar-refractivity contribution in [3.8, 4) is 0 Å². The van der Waals surface area contributed by atoms with Gasteiger partial charge >= 0.3 is 0 Å². The first-order chi connectivity index (χ1) is 19.1. The Bertz CT molecular complexity index is 1410. The van der Waals surface area contributed by atoms with Crippen LogP contribution in [0.4, 0.5) is 5.69 Å². The number of carbonyl (C=O) groups excluding carboxylic acids is 2. The highest BCUT2D eigenvalue weighted by Crippen LogP contribution is 2.29. The summed E-state index contributed by atoms with van der Waals surface area (Å²) >= 11 is 0. The Balaban J connectivity index is 2.08. The molecule has 0 heterocycles. The smallest absolute Gasteiger partial charge is 0.264 e. The summed E-state index contributed by atoms with van der Waals surface area (Å²) in [5.74, 6) is -0.678. The molecule has 3 aromatic carbocycles. The average molecular weight is 564 g/mol. The highest BCUT2D eigenvalue weighted by molar-refractivity contribution is 7.92. The predicted molar refractivity (Wildman–Crippen MR) is 161 cm³/mol. The molecule has 0 aliphatic carbocycles. The SMILES string of the molecule is CCCCNC(=O)[C@@H](CC)N(Cc1ccccc1C)C(=O)CN(c1cccc(C)c1C)S(=O)(=O)c1ccccc1. The van der Waals surface area contributed by atoms with Gasteiger partial charge in [0, 0.05) is 13.1 Å². The third-order valence-corrected chi connectivity index (χ3v) is 9.05. The van der Waals surface area contributed by atoms with Crippen LogP contribution in [0.5, 0.6) is 0 Å². The van der Waals surface area contributed by atoms with E-state index in [-0.39, 0.29) is 17.3 Å². The van der Waals surface area contributed by atoms with Gasteiger partial charge < -0.3 is 10.2 Å². The number of nitrogens with zero attached hydrogens (tertiary/aromatic N) is 2. The van der Waals surface area contributed by atoms with E-state index >= 15 is 0 Å². The van der Waals surface area contributed by atoms with Crippen LogP contribution in [-0.2, 0) is 26.2 Å². The van der Waals surface area contributed by atoms with Crippen LogP contribution in [0.2, 0.25) is 0 Å². The molecule has 0 saturated carbocycles. The fraction of sp³-hybridized carbons (Fsp3) is 0.375. The lowest BCUT2D eigenvalue weighted by Gasteiger charge is -2.34. The third-order valence-electron chi connectivity index (χ3n) is 7.27. The van der Waals surface area contributed by atoms with Crippen LogP contribution in [0.25, 0.3) is 0 Å². The van der Waals surface area contributed by atoms with Crippen LogP contribution in [0.1, 0.15) is 55.4 Å². The second-order valence-corrected chi connectivity index (χ2v) is 11.9. The summed E-state index contributed by atoms with van der Waals surface area (Å²) in [5.41, 5.74) is 4.01. The van der Waals surface area contributed by atoms with Gasteiger partial charge in [0.2, 0.25) is 11.8 Å². The Hall–Kier alpha value is -3.65. The molecule has 0 aliphatic rings. The number of sulfonamides is 1. The molecular formula is C32H41N3O4S. The Kier molecular flexibility index (Phi) is 10.9. The van der Waals surface area contributed by atoms with E-state index in [1.54, 1.807) is 30.3 Å². The minimum atomic E-state index is -4.09. The molecule has 40 heavy (non-hydrogen) atoms. The molecule has 0 fully saturated rings. The lowest BCUT2D eigenvalue weighted by atomic mass is 10.1. The number of unbranched alkanes of at least 4 members (excludes halogenated alkanes) is 1. The zero-order valence-corrected chi connectivity index (χ0v) is 25.0. The molecule has 3 rings (SSSR count). The molecule has 1 atom stereocenters. The molecular weight excluding hydrogens is 522 g/mol. The molecule has 1 N–H and O–H groups in total. The first-order valence-electron chi connectivity index (χ1n) is 13.9. The molecule has 0 bridgehead atoms. The van der Waals surface area contributed by atoms with E-state index in [0.29, 0.717) is 18.7 Å². The molecule has 0 saturated heterocycles. The van der Waals surface area contributed by atoms with Gasteiger partial charge in [0.05, 0.1) is 10.6 Å². The fourth-order valence-electron chi connectivity index (χ4n) is 4.64. The number of carbonyl (C=O) groups is 2. The van der Waals surface area contributed by atoms with E-state index in [2.05, 4.69) is 5.32 Å². The summed E-state index contributed by atoms with van der Waals surface area (Å²) in [6, 6.07) is 20.5. The van der Waals surface area contributed by atoms with Gasteiger partial charge in [-0.3, -0.25) is 13.9 Å². The monoisotopic (exact) mass is 563 g/mol. The predicted octanol–water partition coefficient (Wildman–Crippen LogP) is 5.53. The molecule has 2 amide bonds. The van der Waals surface area contributed by atoms with Crippen molar-refractivity contribution >= 4 is 27.5 Å². The van der Waals surface area contributed by atoms with Gasteiger partial charge in [-0.05, 0) is 74.1 Å². The fourth-order valence-corrected chi connectivity index (χ4v) is 6.13. The summed E-state index contributed by atoms with van der Waals surface area (Å²) < 4.78 is 29.2. The lowest BCUT2D eigenvalue weighted by Crippen LogP contribution is -2.52. The summed E-state index contributed by atoms with van der Waals surface area (Å²) in [6.45, 7) is 9.91. The van der Waals surface area contributed by atoms with Gasteiger partial charge in [-0.25, -0.2) is 8.42 Å². The zero-order chi connectivity index (χ0) is 29.3. The Labute approximate surface area is 239 Å². The largest absolute Gasteiger partial charge is 0.354 e. The van der Waals surface area contributed by atoms with E-state index in [4.69, 9.17) is 0 Å². The standard InChI is InChI=1S/C32H41N3O4S/c1-6-8-21-33-32(37)29(7-2)34(22-27-17-13-12-15-25(27)4)31(36)23-35(30-20-14-16-24(3)26(30)5)40(38,39)28-18-10-9-11-19-28/h9-20,29H,6-8,21-23H2,1-5H3,(H,33,37)/t29-/m1/s1. The minimum Gasteiger partial charge on any atom is -0.354 e. The van der Waals surface area contributed by atoms with Crippen molar-refractivity contribution in [2.45, 2.75) is 71.4 Å². The zero-order valence-electron chi connectivity index (χ0n) is 24.2. The first kappa shape index (κ1) is 30.9. The van der Waals surface area contributed by atoms with Crippen molar-refractivity contribution in [3.05, 3.63) is 95.1 Å². The van der Waals surface area contributed by atoms with Gasteiger partial charge in [0.15, 0.2) is 0 Å². The minimum absolute atomic E-state index is 0.0958. The van der Waals surface area contributed by atoms with Crippen molar-refractivity contribution in [2.75, 3.05) is 17.4 Å². The number of aryl methyl sites for hydroxylation is 2. The maximum Gasteiger partial charge on any atom is 0.264 e. The highest BCUT2D eigenvalue weighted by Gasteiger charge is 2.34. The number of nitrogens with one attached hydrogen (secondary N) is 1. The summed E-state index contributed by atoms with van der Waals surface area (Å²) in [7, 11) is -4.09. The van der Waals surface area contributed by atoms with Crippen LogP contribution < -0.4 is 9.62 Å². The number of rotatable bonds is 13. The quantitative estimate of drug-likeness (QED) is 0.277. The number of benzene rings is 3. The normalized spacial score (nSPS) is 12.0. The lowest BCUT2D eigenvalue weighted by molar-refractivity contribution is -0.140. The molecule has 0 unspecified atom stereocenters. The van der Waals surface area contributed by atoms with Gasteiger partial charge in [-0.2, -0.15) is 0 Å². The van der Waals surface area contributed by atoms with E-state index < -0.39 is 28.5 Å². The van der Waals surface area contributed by atoms with E-state index in [9.17, 15) is 18.0 Å². The Morgan fingerprint density at radius 3 is 2.15 bits per heavy atom. The van der Waals surface area contributed by atoms with Gasteiger partial charge in [0.1, 0.15) is 12.6 Å². The van der Waals surface area contributed by atoms with Crippen molar-refractivity contribution in [3.63, 3.8) is 0 Å². The topological polar surface area (TPSA) is 86.8 Å². The van der Waals surface area contributed by atoms with E-state index in [1.165, 1.54) is 21.3 Å². The number of hydrogen-bond acceptors (Lipinski definition) is 4. The van der Waals surface area contributed by atoms with Crippen molar-refractivity contribution in [1.82, 2.24) is 10.2 Å². The van der Waals surface area contributed by atoms with Crippen LogP contribution in [0, 0.1) is 20.8 Å². The van der Waals surface area contributed by atoms with Gasteiger partial charge in [-0.1, -0.05) is 74.9 Å². The van der Waals surface area contributed by atoms with Crippen LogP contribution in [0.3, 0.4) is 0 Å². The molecule has 0 spiro atoms. The number of hydrogen-bond donors (Lipinski definition) is 1. The molecule has 3 aromatic rings. The van der Waals surface area contributed by atoms with Crippen LogP contribution in [-0.4, -0.2) is 44.3 Å². The van der Waals surface area contributed by atoms with Crippen molar-refractivity contribution in [2.24, 2.45) is 0 Å². The van der Waals surface area contributed by atoms with E-state index in [0.717, 1.165) is 35.1 Å². The molecule has 0 aromatic heterocycles. The second-order valence-electron chi connectivity index (χ2n) is 10.1. The van der Waals surface area contributed by atoms with Crippen molar-refractivity contribution < 1.29 is 18.0 Å². The van der Waals surface area contributed by atoms with E-state index in [1.807, 2.05) is 65.0 Å². The summed E-state index contributed by atoms with van der Waals surface area (Å²) in [4.78, 5) is 29.1. The molecule has 7 nitrogen and oxygen atoms in total. The molecule has 0 radical (unpaired) electrons. The third kappa shape index (κ3) is 7.30. The molecule has 0 aliphatic heterocycles. The van der Waals surface area contributed by atoms with Crippen molar-refractivity contribution in [1.29, 1.82) is 0 Å². The molecule has 214 valence electrons. The summed E-state index contributed by atoms with van der Waals surface area (Å²) in [6.07, 6.45) is 2.17. The first-order valence-corrected chi connectivity index (χ1v) is 15.3. The van der Waals surface area contributed by atoms with Crippen LogP contribution in [0.15, 0.2) is 77.7 Å². The maximum absolute atomic E-state index is 14.2.